The summed E-state index contributed by atoms with van der Waals surface area (Å²) in [7, 11) is 3.71. The van der Waals surface area contributed by atoms with Crippen molar-refractivity contribution in [2.45, 2.75) is 13.5 Å². The van der Waals surface area contributed by atoms with Gasteiger partial charge in [-0.05, 0) is 30.2 Å². The molecule has 1 aromatic heterocycles. The zero-order valence-electron chi connectivity index (χ0n) is 9.36. The molecule has 0 saturated carbocycles. The number of rotatable bonds is 2. The molecule has 0 aliphatic rings. The van der Waals surface area contributed by atoms with Gasteiger partial charge in [0.05, 0.1) is 5.52 Å². The maximum Gasteiger partial charge on any atom is 0.0507 e. The lowest BCUT2D eigenvalue weighted by molar-refractivity contribution is -0.0731. The summed E-state index contributed by atoms with van der Waals surface area (Å²) in [5.41, 5.74) is 3.65. The Kier molecular flexibility index (Phi) is 2.50. The van der Waals surface area contributed by atoms with E-state index in [0.717, 1.165) is 5.56 Å². The Morgan fingerprint density at radius 1 is 1.40 bits per heavy atom. The van der Waals surface area contributed by atoms with E-state index in [9.17, 15) is 5.21 Å². The van der Waals surface area contributed by atoms with Gasteiger partial charge in [0.2, 0.25) is 0 Å². The number of benzene rings is 1. The quantitative estimate of drug-likeness (QED) is 0.760. The smallest absolute Gasteiger partial charge is 0.0507 e. The second-order valence-electron chi connectivity index (χ2n) is 4.09. The van der Waals surface area contributed by atoms with E-state index in [4.69, 9.17) is 0 Å². The average molecular weight is 204 g/mol. The highest BCUT2D eigenvalue weighted by Gasteiger charge is 2.05. The lowest BCUT2D eigenvalue weighted by Crippen LogP contribution is -2.11. The Hall–Kier alpha value is -1.32. The van der Waals surface area contributed by atoms with Gasteiger partial charge in [-0.2, -0.15) is 5.06 Å². The van der Waals surface area contributed by atoms with E-state index in [1.165, 1.54) is 21.5 Å². The van der Waals surface area contributed by atoms with Gasteiger partial charge in [0.15, 0.2) is 0 Å². The lowest BCUT2D eigenvalue weighted by Gasteiger charge is -2.10. The number of hydrogen-bond acceptors (Lipinski definition) is 2. The monoisotopic (exact) mass is 204 g/mol. The van der Waals surface area contributed by atoms with Crippen LogP contribution in [0.15, 0.2) is 24.4 Å². The maximum atomic E-state index is 9.20. The van der Waals surface area contributed by atoms with Gasteiger partial charge in [0, 0.05) is 32.2 Å². The summed E-state index contributed by atoms with van der Waals surface area (Å²) in [5.74, 6) is 0. The van der Waals surface area contributed by atoms with Crippen molar-refractivity contribution in [1.82, 2.24) is 9.63 Å². The predicted octanol–water partition coefficient (Wildman–Crippen LogP) is 2.31. The topological polar surface area (TPSA) is 28.4 Å². The van der Waals surface area contributed by atoms with Gasteiger partial charge in [-0.25, -0.2) is 0 Å². The highest BCUT2D eigenvalue weighted by molar-refractivity contribution is 5.84. The molecule has 2 aromatic rings. The molecule has 3 heteroatoms. The van der Waals surface area contributed by atoms with Gasteiger partial charge in [0.1, 0.15) is 0 Å². The molecule has 1 heterocycles. The molecule has 0 radical (unpaired) electrons. The largest absolute Gasteiger partial charge is 0.350 e. The van der Waals surface area contributed by atoms with Crippen molar-refractivity contribution in [1.29, 1.82) is 0 Å². The summed E-state index contributed by atoms with van der Waals surface area (Å²) >= 11 is 0. The molecule has 0 unspecified atom stereocenters. The second kappa shape index (κ2) is 3.68. The van der Waals surface area contributed by atoms with E-state index in [-0.39, 0.29) is 0 Å². The second-order valence-corrected chi connectivity index (χ2v) is 4.09. The minimum Gasteiger partial charge on any atom is -0.350 e. The highest BCUT2D eigenvalue weighted by atomic mass is 16.5. The molecule has 0 atom stereocenters. The van der Waals surface area contributed by atoms with Crippen LogP contribution in [0.2, 0.25) is 0 Å². The average Bonchev–Trinajstić information content (AvgIpc) is 2.46. The molecule has 1 aromatic carbocycles. The number of hydroxylamine groups is 2. The summed E-state index contributed by atoms with van der Waals surface area (Å²) < 4.78 is 2.12. The molecule has 0 amide bonds. The fourth-order valence-corrected chi connectivity index (χ4v) is 2.11. The molecular weight excluding hydrogens is 188 g/mol. The molecule has 3 nitrogen and oxygen atoms in total. The lowest BCUT2D eigenvalue weighted by atomic mass is 10.1. The summed E-state index contributed by atoms with van der Waals surface area (Å²) in [6.45, 7) is 2.66. The molecule has 2 rings (SSSR count). The van der Waals surface area contributed by atoms with Crippen LogP contribution in [0.4, 0.5) is 0 Å². The number of aromatic nitrogens is 1. The third-order valence-corrected chi connectivity index (χ3v) is 2.63. The molecule has 0 spiro atoms. The first-order chi connectivity index (χ1) is 7.08. The van der Waals surface area contributed by atoms with Gasteiger partial charge in [-0.1, -0.05) is 6.07 Å². The van der Waals surface area contributed by atoms with E-state index >= 15 is 0 Å². The van der Waals surface area contributed by atoms with Crippen molar-refractivity contribution in [2.24, 2.45) is 7.05 Å². The number of hydrogen-bond donors (Lipinski definition) is 1. The fourth-order valence-electron chi connectivity index (χ4n) is 2.11. The van der Waals surface area contributed by atoms with Crippen molar-refractivity contribution >= 4 is 10.9 Å². The van der Waals surface area contributed by atoms with Gasteiger partial charge >= 0.3 is 0 Å². The Balaban J connectivity index is 2.53. The predicted molar refractivity (Wildman–Crippen MR) is 60.9 cm³/mol. The molecular formula is C12H16N2O. The third-order valence-electron chi connectivity index (χ3n) is 2.63. The first kappa shape index (κ1) is 10.2. The Morgan fingerprint density at radius 3 is 2.80 bits per heavy atom. The summed E-state index contributed by atoms with van der Waals surface area (Å²) in [6.07, 6.45) is 2.06. The third kappa shape index (κ3) is 1.89. The van der Waals surface area contributed by atoms with Crippen LogP contribution in [0.5, 0.6) is 0 Å². The molecule has 15 heavy (non-hydrogen) atoms. The molecule has 0 saturated heterocycles. The number of nitrogens with zero attached hydrogens (tertiary/aromatic N) is 2. The molecule has 0 bridgehead atoms. The van der Waals surface area contributed by atoms with Crippen LogP contribution in [0, 0.1) is 6.92 Å². The molecule has 80 valence electrons. The minimum absolute atomic E-state index is 0.561. The Labute approximate surface area is 89.5 Å². The minimum atomic E-state index is 0.561. The van der Waals surface area contributed by atoms with Crippen molar-refractivity contribution in [2.75, 3.05) is 7.05 Å². The van der Waals surface area contributed by atoms with Crippen LogP contribution >= 0.6 is 0 Å². The maximum absolute atomic E-state index is 9.20. The van der Waals surface area contributed by atoms with Crippen LogP contribution in [-0.2, 0) is 13.6 Å². The fraction of sp³-hybridized carbons (Fsp3) is 0.333. The van der Waals surface area contributed by atoms with Gasteiger partial charge < -0.3 is 9.77 Å². The van der Waals surface area contributed by atoms with Crippen molar-refractivity contribution in [3.63, 3.8) is 0 Å². The van der Waals surface area contributed by atoms with E-state index in [1.54, 1.807) is 7.05 Å². The van der Waals surface area contributed by atoms with Crippen molar-refractivity contribution in [3.05, 3.63) is 35.5 Å². The molecule has 0 fully saturated rings. The van der Waals surface area contributed by atoms with Crippen LogP contribution < -0.4 is 0 Å². The van der Waals surface area contributed by atoms with E-state index in [2.05, 4.69) is 35.9 Å². The van der Waals surface area contributed by atoms with Crippen LogP contribution in [0.1, 0.15) is 11.1 Å². The van der Waals surface area contributed by atoms with E-state index in [0.29, 0.717) is 6.54 Å². The summed E-state index contributed by atoms with van der Waals surface area (Å²) in [6, 6.07) is 6.34. The zero-order valence-corrected chi connectivity index (χ0v) is 9.36. The molecule has 0 aliphatic heterocycles. The van der Waals surface area contributed by atoms with E-state index < -0.39 is 0 Å². The summed E-state index contributed by atoms with van der Waals surface area (Å²) in [5, 5.41) is 11.6. The van der Waals surface area contributed by atoms with E-state index in [1.807, 2.05) is 7.05 Å². The zero-order chi connectivity index (χ0) is 11.0. The Bertz CT molecular complexity index is 486. The first-order valence-corrected chi connectivity index (χ1v) is 5.02. The standard InChI is InChI=1S/C12H16N2O/c1-9-6-10(8-14(3)15)7-11-4-5-13(2)12(9)11/h4-7,15H,8H2,1-3H3. The normalized spacial score (nSPS) is 11.5. The van der Waals surface area contributed by atoms with Gasteiger partial charge in [-0.3, -0.25) is 0 Å². The molecule has 0 aliphatic carbocycles. The number of aryl methyl sites for hydroxylation is 2. The van der Waals surface area contributed by atoms with Crippen LogP contribution in [-0.4, -0.2) is 21.9 Å². The SMILES string of the molecule is Cc1cc(CN(C)O)cc2ccn(C)c12. The first-order valence-electron chi connectivity index (χ1n) is 5.02. The highest BCUT2D eigenvalue weighted by Crippen LogP contribution is 2.21. The van der Waals surface area contributed by atoms with Crippen molar-refractivity contribution in [3.8, 4) is 0 Å². The van der Waals surface area contributed by atoms with Crippen LogP contribution in [0.3, 0.4) is 0 Å². The summed E-state index contributed by atoms with van der Waals surface area (Å²) in [4.78, 5) is 0. The molecule has 1 N–H and O–H groups in total. The van der Waals surface area contributed by atoms with Gasteiger partial charge in [0.25, 0.3) is 0 Å². The number of fused-ring (bicyclic) bond motifs is 1. The van der Waals surface area contributed by atoms with Crippen LogP contribution in [0.25, 0.3) is 10.9 Å². The Morgan fingerprint density at radius 2 is 2.13 bits per heavy atom. The van der Waals surface area contributed by atoms with Gasteiger partial charge in [-0.15, -0.1) is 0 Å². The van der Waals surface area contributed by atoms with Crippen molar-refractivity contribution < 1.29 is 5.21 Å².